The first-order valence-corrected chi connectivity index (χ1v) is 10.9. The third kappa shape index (κ3) is 3.91. The Morgan fingerprint density at radius 2 is 1.89 bits per heavy atom. The van der Waals surface area contributed by atoms with Gasteiger partial charge in [-0.05, 0) is 42.5 Å². The van der Waals surface area contributed by atoms with Crippen molar-refractivity contribution in [2.75, 3.05) is 18.4 Å². The lowest BCUT2D eigenvalue weighted by atomic mass is 10.1. The van der Waals surface area contributed by atoms with Gasteiger partial charge in [-0.1, -0.05) is 0 Å². The molecule has 1 aliphatic heterocycles. The van der Waals surface area contributed by atoms with Crippen LogP contribution in [0.25, 0.3) is 28.3 Å². The number of rotatable bonds is 5. The highest BCUT2D eigenvalue weighted by Crippen LogP contribution is 2.33. The standard InChI is InChI=1S/C24H18F2N8O/c25-16-3-1-14(2-4-16)22-23(33(13-29-22)17-10-27-11-17)18-5-6-21-30-20(12-34(21)32-18)31-24(35)15-7-8-28-19(26)9-15/h1-9,12-13,17,27H,10-11H2,(H,31,35). The predicted molar refractivity (Wildman–Crippen MR) is 124 cm³/mol. The minimum atomic E-state index is -0.741. The van der Waals surface area contributed by atoms with Gasteiger partial charge in [0.1, 0.15) is 11.5 Å². The number of imidazole rings is 2. The van der Waals surface area contributed by atoms with Gasteiger partial charge in [0.25, 0.3) is 5.91 Å². The van der Waals surface area contributed by atoms with Crippen molar-refractivity contribution in [2.24, 2.45) is 0 Å². The lowest BCUT2D eigenvalue weighted by Crippen LogP contribution is -2.43. The van der Waals surface area contributed by atoms with Crippen molar-refractivity contribution >= 4 is 17.4 Å². The van der Waals surface area contributed by atoms with Crippen LogP contribution in [0.15, 0.2) is 67.3 Å². The summed E-state index contributed by atoms with van der Waals surface area (Å²) in [4.78, 5) is 24.9. The number of hydrogen-bond acceptors (Lipinski definition) is 6. The molecule has 5 aromatic rings. The fourth-order valence-corrected chi connectivity index (χ4v) is 3.98. The van der Waals surface area contributed by atoms with E-state index in [4.69, 9.17) is 5.10 Å². The van der Waals surface area contributed by atoms with E-state index in [0.717, 1.165) is 30.4 Å². The minimum Gasteiger partial charge on any atom is -0.323 e. The third-order valence-electron chi connectivity index (χ3n) is 5.86. The molecular weight excluding hydrogens is 454 g/mol. The number of benzene rings is 1. The molecule has 1 amide bonds. The average Bonchev–Trinajstić information content (AvgIpc) is 3.42. The van der Waals surface area contributed by atoms with Gasteiger partial charge >= 0.3 is 0 Å². The Bertz CT molecular complexity index is 1560. The molecule has 9 nitrogen and oxygen atoms in total. The molecule has 5 heterocycles. The smallest absolute Gasteiger partial charge is 0.257 e. The van der Waals surface area contributed by atoms with Crippen LogP contribution in [0.1, 0.15) is 16.4 Å². The molecule has 174 valence electrons. The summed E-state index contributed by atoms with van der Waals surface area (Å²) in [6.45, 7) is 1.62. The highest BCUT2D eigenvalue weighted by Gasteiger charge is 2.26. The van der Waals surface area contributed by atoms with Gasteiger partial charge in [0.2, 0.25) is 5.95 Å². The van der Waals surface area contributed by atoms with Gasteiger partial charge in [-0.3, -0.25) is 4.79 Å². The van der Waals surface area contributed by atoms with Gasteiger partial charge < -0.3 is 15.2 Å². The maximum absolute atomic E-state index is 13.5. The van der Waals surface area contributed by atoms with E-state index in [1.807, 2.05) is 6.07 Å². The molecule has 1 saturated heterocycles. The van der Waals surface area contributed by atoms with Crippen molar-refractivity contribution in [3.05, 3.63) is 84.6 Å². The van der Waals surface area contributed by atoms with Crippen molar-refractivity contribution in [1.82, 2.24) is 34.4 Å². The number of fused-ring (bicyclic) bond motifs is 1. The number of pyridine rings is 1. The van der Waals surface area contributed by atoms with Crippen LogP contribution in [0.3, 0.4) is 0 Å². The number of carbonyl (C=O) groups is 1. The van der Waals surface area contributed by atoms with Crippen LogP contribution in [0.2, 0.25) is 0 Å². The molecule has 11 heteroatoms. The summed E-state index contributed by atoms with van der Waals surface area (Å²) in [7, 11) is 0. The van der Waals surface area contributed by atoms with Gasteiger partial charge in [-0.25, -0.2) is 23.9 Å². The first kappa shape index (κ1) is 21.1. The number of amides is 1. The number of hydrogen-bond donors (Lipinski definition) is 2. The molecule has 0 aliphatic carbocycles. The highest BCUT2D eigenvalue weighted by atomic mass is 19.1. The largest absolute Gasteiger partial charge is 0.323 e. The number of halogens is 2. The van der Waals surface area contributed by atoms with Gasteiger partial charge in [0.15, 0.2) is 11.5 Å². The van der Waals surface area contributed by atoms with Crippen LogP contribution in [-0.2, 0) is 0 Å². The number of carbonyl (C=O) groups excluding carboxylic acids is 1. The molecule has 0 bridgehead atoms. The van der Waals surface area contributed by atoms with E-state index >= 15 is 0 Å². The Hall–Kier alpha value is -4.51. The van der Waals surface area contributed by atoms with E-state index in [2.05, 4.69) is 30.2 Å². The molecule has 1 fully saturated rings. The molecule has 1 aromatic carbocycles. The van der Waals surface area contributed by atoms with Crippen molar-refractivity contribution in [3.63, 3.8) is 0 Å². The molecule has 0 atom stereocenters. The Kier molecular flexibility index (Phi) is 5.03. The maximum atomic E-state index is 13.5. The molecule has 0 spiro atoms. The molecular formula is C24H18F2N8O. The predicted octanol–water partition coefficient (Wildman–Crippen LogP) is 3.33. The highest BCUT2D eigenvalue weighted by molar-refractivity contribution is 6.03. The van der Waals surface area contributed by atoms with E-state index < -0.39 is 11.9 Å². The zero-order valence-electron chi connectivity index (χ0n) is 18.2. The summed E-state index contributed by atoms with van der Waals surface area (Å²) in [6, 6.07) is 12.5. The van der Waals surface area contributed by atoms with Gasteiger partial charge in [0.05, 0.1) is 30.0 Å². The normalized spacial score (nSPS) is 13.7. The molecule has 2 N–H and O–H groups in total. The second kappa shape index (κ2) is 8.37. The lowest BCUT2D eigenvalue weighted by Gasteiger charge is -2.29. The summed E-state index contributed by atoms with van der Waals surface area (Å²) < 4.78 is 30.5. The Labute approximate surface area is 197 Å². The van der Waals surface area contributed by atoms with Crippen molar-refractivity contribution in [1.29, 1.82) is 0 Å². The topological polar surface area (TPSA) is 102 Å². The summed E-state index contributed by atoms with van der Waals surface area (Å²) in [6.07, 6.45) is 4.58. The van der Waals surface area contributed by atoms with Crippen molar-refractivity contribution in [3.8, 4) is 22.6 Å². The van der Waals surface area contributed by atoms with E-state index in [-0.39, 0.29) is 23.2 Å². The average molecular weight is 472 g/mol. The summed E-state index contributed by atoms with van der Waals surface area (Å²) in [5.74, 6) is -1.30. The Morgan fingerprint density at radius 3 is 2.63 bits per heavy atom. The molecule has 1 aliphatic rings. The van der Waals surface area contributed by atoms with E-state index in [0.29, 0.717) is 17.0 Å². The molecule has 0 unspecified atom stereocenters. The number of nitrogens with one attached hydrogen (secondary N) is 2. The molecule has 4 aromatic heterocycles. The zero-order chi connectivity index (χ0) is 23.9. The van der Waals surface area contributed by atoms with Crippen LogP contribution in [0.4, 0.5) is 14.6 Å². The number of nitrogens with zero attached hydrogens (tertiary/aromatic N) is 6. The third-order valence-corrected chi connectivity index (χ3v) is 5.86. The quantitative estimate of drug-likeness (QED) is 0.381. The zero-order valence-corrected chi connectivity index (χ0v) is 18.2. The van der Waals surface area contributed by atoms with E-state index in [1.165, 1.54) is 24.4 Å². The molecule has 6 rings (SSSR count). The van der Waals surface area contributed by atoms with E-state index in [9.17, 15) is 13.6 Å². The minimum absolute atomic E-state index is 0.130. The second-order valence-electron chi connectivity index (χ2n) is 8.14. The fraction of sp³-hybridized carbons (Fsp3) is 0.125. The van der Waals surface area contributed by atoms with Crippen LogP contribution in [-0.4, -0.2) is 48.1 Å². The Morgan fingerprint density at radius 1 is 1.06 bits per heavy atom. The second-order valence-corrected chi connectivity index (χ2v) is 8.14. The molecule has 0 radical (unpaired) electrons. The van der Waals surface area contributed by atoms with Crippen LogP contribution in [0.5, 0.6) is 0 Å². The fourth-order valence-electron chi connectivity index (χ4n) is 3.98. The monoisotopic (exact) mass is 472 g/mol. The SMILES string of the molecule is O=C(Nc1cn2nc(-c3c(-c4ccc(F)cc4)ncn3C3CNC3)ccc2n1)c1ccnc(F)c1. The van der Waals surface area contributed by atoms with Gasteiger partial charge in [-0.15, -0.1) is 0 Å². The van der Waals surface area contributed by atoms with Crippen LogP contribution >= 0.6 is 0 Å². The number of anilines is 1. The maximum Gasteiger partial charge on any atom is 0.257 e. The van der Waals surface area contributed by atoms with Crippen LogP contribution < -0.4 is 10.6 Å². The summed E-state index contributed by atoms with van der Waals surface area (Å²) in [5, 5.41) is 10.6. The summed E-state index contributed by atoms with van der Waals surface area (Å²) in [5.41, 5.74) is 3.56. The lowest BCUT2D eigenvalue weighted by molar-refractivity contribution is 0.102. The Balaban J connectivity index is 1.37. The molecule has 0 saturated carbocycles. The first-order valence-electron chi connectivity index (χ1n) is 10.9. The number of aromatic nitrogens is 6. The van der Waals surface area contributed by atoms with Crippen molar-refractivity contribution in [2.45, 2.75) is 6.04 Å². The van der Waals surface area contributed by atoms with Gasteiger partial charge in [0, 0.05) is 36.5 Å². The summed E-state index contributed by atoms with van der Waals surface area (Å²) >= 11 is 0. The molecule has 35 heavy (non-hydrogen) atoms. The van der Waals surface area contributed by atoms with Crippen LogP contribution in [0, 0.1) is 11.8 Å². The van der Waals surface area contributed by atoms with Gasteiger partial charge in [-0.2, -0.15) is 9.49 Å². The van der Waals surface area contributed by atoms with E-state index in [1.54, 1.807) is 35.2 Å². The first-order chi connectivity index (χ1) is 17.0. The van der Waals surface area contributed by atoms with Crippen molar-refractivity contribution < 1.29 is 13.6 Å².